The number of hydrogen-bond acceptors (Lipinski definition) is 2. The standard InChI is InChI=1S/C12H17O2/c1-3-8-13-11-6-5-7-12(10-11)14-9-4-2/h6-7,10H,3-4,8-9H2,1-2H3. The highest BCUT2D eigenvalue weighted by Gasteiger charge is 1.96. The number of benzene rings is 1. The van der Waals surface area contributed by atoms with Crippen LogP contribution >= 0.6 is 0 Å². The summed E-state index contributed by atoms with van der Waals surface area (Å²) in [7, 11) is 0. The van der Waals surface area contributed by atoms with Crippen LogP contribution < -0.4 is 9.47 Å². The van der Waals surface area contributed by atoms with E-state index in [0.29, 0.717) is 0 Å². The minimum Gasteiger partial charge on any atom is -0.493 e. The first-order valence-corrected chi connectivity index (χ1v) is 5.13. The molecule has 0 saturated carbocycles. The molecule has 2 nitrogen and oxygen atoms in total. The van der Waals surface area contributed by atoms with E-state index in [1.165, 1.54) is 0 Å². The molecular weight excluding hydrogens is 176 g/mol. The van der Waals surface area contributed by atoms with Gasteiger partial charge in [0.1, 0.15) is 11.5 Å². The van der Waals surface area contributed by atoms with Crippen molar-refractivity contribution < 1.29 is 9.47 Å². The third kappa shape index (κ3) is 3.69. The molecule has 0 aliphatic carbocycles. The minimum atomic E-state index is 0.741. The normalized spacial score (nSPS) is 9.86. The molecule has 0 bridgehead atoms. The van der Waals surface area contributed by atoms with Crippen molar-refractivity contribution in [1.82, 2.24) is 0 Å². The van der Waals surface area contributed by atoms with Crippen molar-refractivity contribution >= 4 is 0 Å². The molecule has 14 heavy (non-hydrogen) atoms. The van der Waals surface area contributed by atoms with Crippen molar-refractivity contribution in [3.05, 3.63) is 24.3 Å². The summed E-state index contributed by atoms with van der Waals surface area (Å²) >= 11 is 0. The fourth-order valence-corrected chi connectivity index (χ4v) is 1.04. The lowest BCUT2D eigenvalue weighted by molar-refractivity contribution is 0.301. The van der Waals surface area contributed by atoms with Gasteiger partial charge in [0.05, 0.1) is 13.2 Å². The molecule has 0 N–H and O–H groups in total. The van der Waals surface area contributed by atoms with Crippen LogP contribution in [-0.2, 0) is 0 Å². The summed E-state index contributed by atoms with van der Waals surface area (Å²) in [5, 5.41) is 0. The van der Waals surface area contributed by atoms with E-state index in [4.69, 9.17) is 9.47 Å². The third-order valence-corrected chi connectivity index (χ3v) is 1.68. The third-order valence-electron chi connectivity index (χ3n) is 1.68. The lowest BCUT2D eigenvalue weighted by Crippen LogP contribution is -1.97. The highest BCUT2D eigenvalue weighted by molar-refractivity contribution is 5.32. The Balaban J connectivity index is 2.50. The molecule has 0 atom stereocenters. The van der Waals surface area contributed by atoms with Gasteiger partial charge in [-0.3, -0.25) is 0 Å². The van der Waals surface area contributed by atoms with Crippen LogP contribution in [0.3, 0.4) is 0 Å². The number of hydrogen-bond donors (Lipinski definition) is 0. The van der Waals surface area contributed by atoms with Crippen LogP contribution in [0.25, 0.3) is 0 Å². The molecule has 0 spiro atoms. The molecule has 77 valence electrons. The lowest BCUT2D eigenvalue weighted by atomic mass is 10.3. The molecular formula is C12H17O2. The van der Waals surface area contributed by atoms with E-state index < -0.39 is 0 Å². The van der Waals surface area contributed by atoms with E-state index in [0.717, 1.165) is 37.6 Å². The minimum absolute atomic E-state index is 0.741. The van der Waals surface area contributed by atoms with Crippen molar-refractivity contribution in [2.75, 3.05) is 13.2 Å². The second-order valence-electron chi connectivity index (χ2n) is 3.10. The monoisotopic (exact) mass is 193 g/mol. The van der Waals surface area contributed by atoms with E-state index in [1.807, 2.05) is 18.2 Å². The number of rotatable bonds is 6. The zero-order valence-corrected chi connectivity index (χ0v) is 8.88. The van der Waals surface area contributed by atoms with Crippen LogP contribution in [0.2, 0.25) is 0 Å². The Morgan fingerprint density at radius 1 is 1.00 bits per heavy atom. The Morgan fingerprint density at radius 3 is 1.93 bits per heavy atom. The van der Waals surface area contributed by atoms with Crippen LogP contribution in [0.1, 0.15) is 26.7 Å². The predicted octanol–water partition coefficient (Wildman–Crippen LogP) is 3.06. The van der Waals surface area contributed by atoms with E-state index in [9.17, 15) is 0 Å². The van der Waals surface area contributed by atoms with Gasteiger partial charge < -0.3 is 9.47 Å². The average molecular weight is 193 g/mol. The Labute approximate surface area is 85.8 Å². The highest BCUT2D eigenvalue weighted by Crippen LogP contribution is 2.19. The van der Waals surface area contributed by atoms with Crippen LogP contribution in [-0.4, -0.2) is 13.2 Å². The van der Waals surface area contributed by atoms with E-state index in [2.05, 4.69) is 19.9 Å². The zero-order chi connectivity index (χ0) is 10.2. The first kappa shape index (κ1) is 10.9. The molecule has 1 aromatic rings. The summed E-state index contributed by atoms with van der Waals surface area (Å²) in [4.78, 5) is 0. The lowest BCUT2D eigenvalue weighted by Gasteiger charge is -2.07. The molecule has 1 radical (unpaired) electrons. The van der Waals surface area contributed by atoms with Gasteiger partial charge in [-0.2, -0.15) is 0 Å². The maximum atomic E-state index is 5.46. The van der Waals surface area contributed by atoms with Gasteiger partial charge in [0.25, 0.3) is 0 Å². The Morgan fingerprint density at radius 2 is 1.50 bits per heavy atom. The molecule has 0 fully saturated rings. The maximum Gasteiger partial charge on any atom is 0.123 e. The highest BCUT2D eigenvalue weighted by atomic mass is 16.5. The quantitative estimate of drug-likeness (QED) is 0.691. The molecule has 0 unspecified atom stereocenters. The van der Waals surface area contributed by atoms with Gasteiger partial charge in [0.2, 0.25) is 0 Å². The van der Waals surface area contributed by atoms with Gasteiger partial charge in [0.15, 0.2) is 0 Å². The molecule has 0 amide bonds. The Kier molecular flexibility index (Phi) is 4.90. The van der Waals surface area contributed by atoms with E-state index >= 15 is 0 Å². The smallest absolute Gasteiger partial charge is 0.123 e. The summed E-state index contributed by atoms with van der Waals surface area (Å²) in [5.41, 5.74) is 0. The van der Waals surface area contributed by atoms with Crippen molar-refractivity contribution in [3.63, 3.8) is 0 Å². The topological polar surface area (TPSA) is 18.5 Å². The molecule has 2 heteroatoms. The summed E-state index contributed by atoms with van der Waals surface area (Å²) in [6.45, 7) is 5.65. The molecule has 0 heterocycles. The second kappa shape index (κ2) is 6.30. The summed E-state index contributed by atoms with van der Waals surface area (Å²) in [6, 6.07) is 8.56. The van der Waals surface area contributed by atoms with Crippen LogP contribution in [0.5, 0.6) is 11.5 Å². The maximum absolute atomic E-state index is 5.46. The SMILES string of the molecule is CCCOc1c[c]cc(OCCC)c1. The van der Waals surface area contributed by atoms with Gasteiger partial charge >= 0.3 is 0 Å². The fourth-order valence-electron chi connectivity index (χ4n) is 1.04. The average Bonchev–Trinajstić information content (AvgIpc) is 2.24. The summed E-state index contributed by atoms with van der Waals surface area (Å²) in [5.74, 6) is 1.67. The van der Waals surface area contributed by atoms with Gasteiger partial charge in [0, 0.05) is 6.07 Å². The van der Waals surface area contributed by atoms with Crippen molar-refractivity contribution in [3.8, 4) is 11.5 Å². The Hall–Kier alpha value is -1.18. The van der Waals surface area contributed by atoms with E-state index in [-0.39, 0.29) is 0 Å². The zero-order valence-electron chi connectivity index (χ0n) is 8.88. The van der Waals surface area contributed by atoms with Gasteiger partial charge in [-0.05, 0) is 31.0 Å². The van der Waals surface area contributed by atoms with E-state index in [1.54, 1.807) is 0 Å². The Bertz CT molecular complexity index is 235. The summed E-state index contributed by atoms with van der Waals surface area (Å²) < 4.78 is 10.9. The van der Waals surface area contributed by atoms with Gasteiger partial charge in [-0.25, -0.2) is 0 Å². The van der Waals surface area contributed by atoms with Crippen LogP contribution in [0.4, 0.5) is 0 Å². The first-order chi connectivity index (χ1) is 6.86. The van der Waals surface area contributed by atoms with Crippen molar-refractivity contribution in [2.45, 2.75) is 26.7 Å². The molecule has 0 aliphatic heterocycles. The fraction of sp³-hybridized carbons (Fsp3) is 0.500. The van der Waals surface area contributed by atoms with Crippen LogP contribution in [0.15, 0.2) is 18.2 Å². The van der Waals surface area contributed by atoms with Crippen molar-refractivity contribution in [1.29, 1.82) is 0 Å². The second-order valence-corrected chi connectivity index (χ2v) is 3.10. The summed E-state index contributed by atoms with van der Waals surface area (Å²) in [6.07, 6.45) is 2.03. The molecule has 1 aromatic carbocycles. The predicted molar refractivity (Wildman–Crippen MR) is 56.9 cm³/mol. The molecule has 0 aromatic heterocycles. The first-order valence-electron chi connectivity index (χ1n) is 5.13. The largest absolute Gasteiger partial charge is 0.493 e. The van der Waals surface area contributed by atoms with Crippen LogP contribution in [0, 0.1) is 6.07 Å². The van der Waals surface area contributed by atoms with Gasteiger partial charge in [-0.1, -0.05) is 13.8 Å². The molecule has 1 rings (SSSR count). The van der Waals surface area contributed by atoms with Gasteiger partial charge in [-0.15, -0.1) is 0 Å². The molecule has 0 saturated heterocycles. The van der Waals surface area contributed by atoms with Crippen molar-refractivity contribution in [2.24, 2.45) is 0 Å². The molecule has 0 aliphatic rings. The number of ether oxygens (including phenoxy) is 2.